The lowest BCUT2D eigenvalue weighted by Gasteiger charge is -2.29. The van der Waals surface area contributed by atoms with E-state index in [-0.39, 0.29) is 29.9 Å². The summed E-state index contributed by atoms with van der Waals surface area (Å²) in [6, 6.07) is 7.10. The fourth-order valence-electron chi connectivity index (χ4n) is 2.70. The number of thioether (sulfide) groups is 1. The van der Waals surface area contributed by atoms with Crippen LogP contribution in [-0.4, -0.2) is 35.4 Å². The molecule has 1 aromatic carbocycles. The van der Waals surface area contributed by atoms with Gasteiger partial charge in [-0.2, -0.15) is 0 Å². The highest BCUT2D eigenvalue weighted by Gasteiger charge is 2.29. The van der Waals surface area contributed by atoms with E-state index in [1.165, 1.54) is 0 Å². The number of benzene rings is 1. The number of carbonyl (C=O) groups excluding carboxylic acids is 2. The van der Waals surface area contributed by atoms with Crippen molar-refractivity contribution < 1.29 is 14.3 Å². The Kier molecular flexibility index (Phi) is 6.47. The van der Waals surface area contributed by atoms with Crippen molar-refractivity contribution >= 4 is 28.8 Å². The Balaban J connectivity index is 2.01. The number of nitrogens with one attached hydrogen (secondary N) is 1. The molecule has 0 radical (unpaired) electrons. The van der Waals surface area contributed by atoms with Crippen molar-refractivity contribution in [1.82, 2.24) is 5.32 Å². The summed E-state index contributed by atoms with van der Waals surface area (Å²) in [4.78, 5) is 28.3. The van der Waals surface area contributed by atoms with Crippen LogP contribution in [0.25, 0.3) is 0 Å². The number of nitrogens with zero attached hydrogens (tertiary/aromatic N) is 1. The molecule has 0 aliphatic carbocycles. The molecule has 2 unspecified atom stereocenters. The number of carbonyl (C=O) groups is 2. The quantitative estimate of drug-likeness (QED) is 0.757. The smallest absolute Gasteiger partial charge is 0.307 e. The van der Waals surface area contributed by atoms with Gasteiger partial charge < -0.3 is 15.8 Å². The fourth-order valence-corrected chi connectivity index (χ4v) is 3.68. The van der Waals surface area contributed by atoms with Gasteiger partial charge in [-0.1, -0.05) is 23.9 Å². The van der Waals surface area contributed by atoms with E-state index in [0.717, 1.165) is 17.7 Å². The second kappa shape index (κ2) is 8.38. The predicted octanol–water partition coefficient (Wildman–Crippen LogP) is 2.42. The molecule has 1 aliphatic rings. The van der Waals surface area contributed by atoms with Crippen LogP contribution in [0.1, 0.15) is 49.5 Å². The fraction of sp³-hybridized carbons (Fsp3) is 0.500. The molecule has 2 rings (SSSR count). The maximum Gasteiger partial charge on any atom is 0.307 e. The van der Waals surface area contributed by atoms with Gasteiger partial charge >= 0.3 is 5.97 Å². The van der Waals surface area contributed by atoms with Crippen molar-refractivity contribution in [2.24, 2.45) is 10.7 Å². The summed E-state index contributed by atoms with van der Waals surface area (Å²) in [5, 5.41) is 3.41. The molecular weight excluding hydrogens is 338 g/mol. The molecule has 25 heavy (non-hydrogen) atoms. The molecule has 136 valence electrons. The number of amidine groups is 1. The average Bonchev–Trinajstić information content (AvgIpc) is 2.54. The molecule has 1 aliphatic heterocycles. The molecule has 1 heterocycles. The SMILES string of the molecule is CCOC(=O)CC(C)NC(=O)c1ccc(C2(C)CCSC(N)=N2)cc1. The average molecular weight is 363 g/mol. The molecule has 6 nitrogen and oxygen atoms in total. The van der Waals surface area contributed by atoms with Crippen LogP contribution in [0.5, 0.6) is 0 Å². The van der Waals surface area contributed by atoms with E-state index >= 15 is 0 Å². The van der Waals surface area contributed by atoms with Crippen LogP contribution in [0.4, 0.5) is 0 Å². The van der Waals surface area contributed by atoms with Gasteiger partial charge in [0.15, 0.2) is 5.17 Å². The molecule has 0 spiro atoms. The van der Waals surface area contributed by atoms with Crippen LogP contribution < -0.4 is 11.1 Å². The minimum atomic E-state index is -0.346. The first kappa shape index (κ1) is 19.3. The zero-order valence-corrected chi connectivity index (χ0v) is 15.7. The molecule has 3 N–H and O–H groups in total. The summed E-state index contributed by atoms with van der Waals surface area (Å²) in [6.07, 6.45) is 1.06. The number of nitrogens with two attached hydrogens (primary N) is 1. The molecular formula is C18H25N3O3S. The van der Waals surface area contributed by atoms with E-state index in [1.54, 1.807) is 37.7 Å². The summed E-state index contributed by atoms with van der Waals surface area (Å²) in [5.74, 6) is 0.402. The van der Waals surface area contributed by atoms with Gasteiger partial charge in [0.25, 0.3) is 5.91 Å². The zero-order valence-electron chi connectivity index (χ0n) is 14.9. The Hall–Kier alpha value is -2.02. The number of amides is 1. The molecule has 2 atom stereocenters. The second-order valence-electron chi connectivity index (χ2n) is 6.28. The summed E-state index contributed by atoms with van der Waals surface area (Å²) in [7, 11) is 0. The third-order valence-corrected chi connectivity index (χ3v) is 4.92. The van der Waals surface area contributed by atoms with E-state index in [9.17, 15) is 9.59 Å². The highest BCUT2D eigenvalue weighted by Crippen LogP contribution is 2.34. The molecule has 0 saturated carbocycles. The van der Waals surface area contributed by atoms with E-state index < -0.39 is 0 Å². The number of esters is 1. The first-order valence-corrected chi connectivity index (χ1v) is 9.38. The van der Waals surface area contributed by atoms with Gasteiger partial charge in [-0.15, -0.1) is 0 Å². The summed E-state index contributed by atoms with van der Waals surface area (Å²) in [5.41, 5.74) is 7.09. The maximum atomic E-state index is 12.3. The Labute approximate surface area is 152 Å². The van der Waals surface area contributed by atoms with Gasteiger partial charge in [0, 0.05) is 17.4 Å². The molecule has 1 amide bonds. The molecule has 0 aromatic heterocycles. The molecule has 7 heteroatoms. The molecule has 0 fully saturated rings. The van der Waals surface area contributed by atoms with Crippen molar-refractivity contribution in [1.29, 1.82) is 0 Å². The van der Waals surface area contributed by atoms with Crippen LogP contribution in [0, 0.1) is 0 Å². The van der Waals surface area contributed by atoms with Crippen molar-refractivity contribution in [3.63, 3.8) is 0 Å². The van der Waals surface area contributed by atoms with Crippen molar-refractivity contribution in [3.8, 4) is 0 Å². The van der Waals surface area contributed by atoms with Crippen LogP contribution in [0.3, 0.4) is 0 Å². The Morgan fingerprint density at radius 3 is 2.68 bits per heavy atom. The van der Waals surface area contributed by atoms with Gasteiger partial charge in [0.1, 0.15) is 0 Å². The zero-order chi connectivity index (χ0) is 18.4. The lowest BCUT2D eigenvalue weighted by molar-refractivity contribution is -0.143. The Morgan fingerprint density at radius 1 is 1.40 bits per heavy atom. The lowest BCUT2D eigenvalue weighted by atomic mass is 9.89. The summed E-state index contributed by atoms with van der Waals surface area (Å²) in [6.45, 7) is 5.93. The largest absolute Gasteiger partial charge is 0.466 e. The van der Waals surface area contributed by atoms with Gasteiger partial charge in [-0.3, -0.25) is 14.6 Å². The summed E-state index contributed by atoms with van der Waals surface area (Å²) >= 11 is 1.56. The second-order valence-corrected chi connectivity index (χ2v) is 7.40. The highest BCUT2D eigenvalue weighted by molar-refractivity contribution is 8.13. The van der Waals surface area contributed by atoms with Crippen LogP contribution in [-0.2, 0) is 15.1 Å². The number of hydrogen-bond donors (Lipinski definition) is 2. The molecule has 1 aromatic rings. The third kappa shape index (κ3) is 5.22. The maximum absolute atomic E-state index is 12.3. The van der Waals surface area contributed by atoms with E-state index in [4.69, 9.17) is 10.5 Å². The third-order valence-electron chi connectivity index (χ3n) is 4.12. The standard InChI is InChI=1S/C18H25N3O3S/c1-4-24-15(22)11-12(2)20-16(23)13-5-7-14(8-6-13)18(3)9-10-25-17(19)21-18/h5-8,12H,4,9-11H2,1-3H3,(H2,19,21)(H,20,23). The predicted molar refractivity (Wildman–Crippen MR) is 101 cm³/mol. The van der Waals surface area contributed by atoms with Crippen molar-refractivity contribution in [2.45, 2.75) is 45.2 Å². The normalized spacial score (nSPS) is 21.2. The lowest BCUT2D eigenvalue weighted by Crippen LogP contribution is -2.34. The number of aliphatic imine (C=N–C) groups is 1. The Bertz CT molecular complexity index is 660. The monoisotopic (exact) mass is 363 g/mol. The summed E-state index contributed by atoms with van der Waals surface area (Å²) < 4.78 is 4.89. The topological polar surface area (TPSA) is 93.8 Å². The van der Waals surface area contributed by atoms with Gasteiger partial charge in [0.2, 0.25) is 0 Å². The van der Waals surface area contributed by atoms with E-state index in [1.807, 2.05) is 12.1 Å². The highest BCUT2D eigenvalue weighted by atomic mass is 32.2. The number of rotatable bonds is 6. The minimum absolute atomic E-state index is 0.154. The van der Waals surface area contributed by atoms with Crippen LogP contribution >= 0.6 is 11.8 Å². The van der Waals surface area contributed by atoms with E-state index in [2.05, 4.69) is 17.2 Å². The molecule has 0 saturated heterocycles. The van der Waals surface area contributed by atoms with Gasteiger partial charge in [-0.25, -0.2) is 0 Å². The minimum Gasteiger partial charge on any atom is -0.466 e. The first-order chi connectivity index (χ1) is 11.8. The van der Waals surface area contributed by atoms with Crippen LogP contribution in [0.2, 0.25) is 0 Å². The van der Waals surface area contributed by atoms with Gasteiger partial charge in [-0.05, 0) is 44.9 Å². The first-order valence-electron chi connectivity index (χ1n) is 8.39. The van der Waals surface area contributed by atoms with Crippen LogP contribution in [0.15, 0.2) is 29.3 Å². The number of ether oxygens (including phenoxy) is 1. The molecule has 0 bridgehead atoms. The Morgan fingerprint density at radius 2 is 2.08 bits per heavy atom. The van der Waals surface area contributed by atoms with Gasteiger partial charge in [0.05, 0.1) is 18.6 Å². The van der Waals surface area contributed by atoms with Crippen molar-refractivity contribution in [2.75, 3.05) is 12.4 Å². The van der Waals surface area contributed by atoms with Crippen molar-refractivity contribution in [3.05, 3.63) is 35.4 Å². The number of hydrogen-bond acceptors (Lipinski definition) is 6. The van der Waals surface area contributed by atoms with E-state index in [0.29, 0.717) is 17.3 Å².